The largest absolute Gasteiger partial charge is 0.573 e. The maximum absolute atomic E-state index is 12.2. The van der Waals surface area contributed by atoms with Crippen LogP contribution in [0.4, 0.5) is 23.4 Å². The Morgan fingerprint density at radius 1 is 1.19 bits per heavy atom. The molecule has 0 atom stereocenters. The van der Waals surface area contributed by atoms with Crippen LogP contribution in [0.5, 0.6) is 5.75 Å². The number of hydrogen-bond donors (Lipinski definition) is 1. The fourth-order valence-electron chi connectivity index (χ4n) is 1.66. The summed E-state index contributed by atoms with van der Waals surface area (Å²) in [4.78, 5) is 9.50. The molecule has 0 bridgehead atoms. The van der Waals surface area contributed by atoms with E-state index in [-0.39, 0.29) is 5.75 Å². The van der Waals surface area contributed by atoms with Crippen LogP contribution in [0.2, 0.25) is 0 Å². The van der Waals surface area contributed by atoms with Crippen LogP contribution in [-0.2, 0) is 0 Å². The zero-order valence-electron chi connectivity index (χ0n) is 10.6. The van der Waals surface area contributed by atoms with Crippen LogP contribution < -0.4 is 10.1 Å². The SMILES string of the molecule is Cc1cnc(Nc2nc3ccc(OC(F)(F)F)cc3s2)s1. The molecule has 0 saturated carbocycles. The van der Waals surface area contributed by atoms with Gasteiger partial charge in [0.1, 0.15) is 5.75 Å². The van der Waals surface area contributed by atoms with Gasteiger partial charge in [-0.1, -0.05) is 11.3 Å². The highest BCUT2D eigenvalue weighted by molar-refractivity contribution is 7.22. The number of fused-ring (bicyclic) bond motifs is 1. The van der Waals surface area contributed by atoms with E-state index >= 15 is 0 Å². The minimum Gasteiger partial charge on any atom is -0.406 e. The number of hydrogen-bond acceptors (Lipinski definition) is 6. The van der Waals surface area contributed by atoms with Crippen LogP contribution >= 0.6 is 22.7 Å². The zero-order chi connectivity index (χ0) is 15.0. The van der Waals surface area contributed by atoms with Crippen molar-refractivity contribution in [1.82, 2.24) is 9.97 Å². The van der Waals surface area contributed by atoms with Gasteiger partial charge in [0.05, 0.1) is 10.2 Å². The zero-order valence-corrected chi connectivity index (χ0v) is 12.2. The van der Waals surface area contributed by atoms with E-state index in [0.717, 1.165) is 4.88 Å². The van der Waals surface area contributed by atoms with Gasteiger partial charge in [0.2, 0.25) is 0 Å². The fraction of sp³-hybridized carbons (Fsp3) is 0.167. The number of alkyl halides is 3. The third-order valence-electron chi connectivity index (χ3n) is 2.43. The molecular formula is C12H8F3N3OS2. The Hall–Kier alpha value is -1.87. The third-order valence-corrected chi connectivity index (χ3v) is 4.19. The molecule has 2 aromatic heterocycles. The van der Waals surface area contributed by atoms with Crippen LogP contribution in [0.15, 0.2) is 24.4 Å². The van der Waals surface area contributed by atoms with E-state index in [9.17, 15) is 13.2 Å². The monoisotopic (exact) mass is 331 g/mol. The van der Waals surface area contributed by atoms with Gasteiger partial charge in [-0.25, -0.2) is 9.97 Å². The summed E-state index contributed by atoms with van der Waals surface area (Å²) in [6.07, 6.45) is -2.96. The Kier molecular flexibility index (Phi) is 3.46. The van der Waals surface area contributed by atoms with Gasteiger partial charge in [-0.2, -0.15) is 0 Å². The second-order valence-corrected chi connectivity index (χ2v) is 6.36. The lowest BCUT2D eigenvalue weighted by molar-refractivity contribution is -0.274. The molecule has 1 N–H and O–H groups in total. The molecule has 2 heterocycles. The molecule has 21 heavy (non-hydrogen) atoms. The number of rotatable bonds is 3. The number of thiazole rings is 2. The first kappa shape index (κ1) is 14.1. The minimum atomic E-state index is -4.70. The molecule has 3 rings (SSSR count). The summed E-state index contributed by atoms with van der Waals surface area (Å²) in [5.41, 5.74) is 0.602. The lowest BCUT2D eigenvalue weighted by atomic mass is 10.3. The van der Waals surface area contributed by atoms with Crippen molar-refractivity contribution in [2.75, 3.05) is 5.32 Å². The maximum Gasteiger partial charge on any atom is 0.573 e. The molecule has 0 unspecified atom stereocenters. The van der Waals surface area contributed by atoms with Crippen molar-refractivity contribution in [3.63, 3.8) is 0 Å². The highest BCUT2D eigenvalue weighted by atomic mass is 32.1. The Morgan fingerprint density at radius 3 is 2.67 bits per heavy atom. The second kappa shape index (κ2) is 5.15. The molecular weight excluding hydrogens is 323 g/mol. The molecule has 0 fully saturated rings. The van der Waals surface area contributed by atoms with Gasteiger partial charge in [-0.05, 0) is 19.1 Å². The smallest absolute Gasteiger partial charge is 0.406 e. The van der Waals surface area contributed by atoms with Gasteiger partial charge in [-0.15, -0.1) is 24.5 Å². The highest BCUT2D eigenvalue weighted by Crippen LogP contribution is 2.33. The second-order valence-electron chi connectivity index (χ2n) is 4.10. The number of halogens is 3. The minimum absolute atomic E-state index is 0.254. The van der Waals surface area contributed by atoms with Crippen molar-refractivity contribution in [3.8, 4) is 5.75 Å². The molecule has 0 spiro atoms. The topological polar surface area (TPSA) is 47.0 Å². The van der Waals surface area contributed by atoms with E-state index in [1.807, 2.05) is 6.92 Å². The van der Waals surface area contributed by atoms with E-state index in [4.69, 9.17) is 0 Å². The van der Waals surface area contributed by atoms with Crippen LogP contribution in [-0.4, -0.2) is 16.3 Å². The van der Waals surface area contributed by atoms with Crippen LogP contribution in [0.1, 0.15) is 4.88 Å². The lowest BCUT2D eigenvalue weighted by Crippen LogP contribution is -2.16. The lowest BCUT2D eigenvalue weighted by Gasteiger charge is -2.07. The first-order chi connectivity index (χ1) is 9.89. The molecule has 0 aliphatic heterocycles. The normalized spacial score (nSPS) is 11.8. The number of nitrogens with one attached hydrogen (secondary N) is 1. The van der Waals surface area contributed by atoms with Gasteiger partial charge >= 0.3 is 6.36 Å². The summed E-state index contributed by atoms with van der Waals surface area (Å²) in [6, 6.07) is 4.05. The van der Waals surface area contributed by atoms with Crippen molar-refractivity contribution in [2.45, 2.75) is 13.3 Å². The number of aryl methyl sites for hydroxylation is 1. The predicted octanol–water partition coefficient (Wildman–Crippen LogP) is 4.70. The average molecular weight is 331 g/mol. The number of aromatic nitrogens is 2. The first-order valence-electron chi connectivity index (χ1n) is 5.75. The van der Waals surface area contributed by atoms with Crippen LogP contribution in [0.3, 0.4) is 0 Å². The molecule has 110 valence electrons. The molecule has 0 amide bonds. The summed E-state index contributed by atoms with van der Waals surface area (Å²) in [6.45, 7) is 1.93. The number of benzene rings is 1. The van der Waals surface area contributed by atoms with Crippen LogP contribution in [0.25, 0.3) is 10.2 Å². The van der Waals surface area contributed by atoms with Gasteiger partial charge < -0.3 is 10.1 Å². The third kappa shape index (κ3) is 3.42. The van der Waals surface area contributed by atoms with Gasteiger partial charge in [-0.3, -0.25) is 0 Å². The Labute approximate surface area is 125 Å². The van der Waals surface area contributed by atoms with Gasteiger partial charge in [0.25, 0.3) is 0 Å². The molecule has 0 radical (unpaired) electrons. The Balaban J connectivity index is 1.86. The Bertz CT molecular complexity index is 781. The number of anilines is 2. The summed E-state index contributed by atoms with van der Waals surface area (Å²) >= 11 is 2.71. The fourth-order valence-corrected chi connectivity index (χ4v) is 3.28. The summed E-state index contributed by atoms with van der Waals surface area (Å²) in [5, 5.41) is 4.30. The Morgan fingerprint density at radius 2 is 2.00 bits per heavy atom. The maximum atomic E-state index is 12.2. The van der Waals surface area contributed by atoms with Crippen molar-refractivity contribution in [2.24, 2.45) is 0 Å². The standard InChI is InChI=1S/C12H8F3N3OS2/c1-6-5-16-10(20-6)18-11-17-8-3-2-7(4-9(8)21-11)19-12(13,14)15/h2-5H,1H3,(H,16,17,18). The van der Waals surface area contributed by atoms with E-state index in [2.05, 4.69) is 20.0 Å². The average Bonchev–Trinajstić information content (AvgIpc) is 2.93. The molecule has 9 heteroatoms. The molecule has 0 saturated heterocycles. The summed E-state index contributed by atoms with van der Waals surface area (Å²) in [7, 11) is 0. The predicted molar refractivity (Wildman–Crippen MR) is 76.4 cm³/mol. The van der Waals surface area contributed by atoms with Gasteiger partial charge in [0, 0.05) is 17.1 Å². The quantitative estimate of drug-likeness (QED) is 0.755. The van der Waals surface area contributed by atoms with E-state index in [0.29, 0.717) is 20.5 Å². The van der Waals surface area contributed by atoms with Gasteiger partial charge in [0.15, 0.2) is 10.3 Å². The molecule has 0 aliphatic rings. The molecule has 4 nitrogen and oxygen atoms in total. The number of nitrogens with zero attached hydrogens (tertiary/aromatic N) is 2. The van der Waals surface area contributed by atoms with Crippen molar-refractivity contribution < 1.29 is 17.9 Å². The van der Waals surface area contributed by atoms with Crippen molar-refractivity contribution in [3.05, 3.63) is 29.3 Å². The van der Waals surface area contributed by atoms with Crippen molar-refractivity contribution >= 4 is 43.2 Å². The van der Waals surface area contributed by atoms with E-state index in [1.165, 1.54) is 40.9 Å². The van der Waals surface area contributed by atoms with Crippen molar-refractivity contribution in [1.29, 1.82) is 0 Å². The first-order valence-corrected chi connectivity index (χ1v) is 7.38. The summed E-state index contributed by atoms with van der Waals surface area (Å²) < 4.78 is 41.0. The number of ether oxygens (including phenoxy) is 1. The van der Waals surface area contributed by atoms with Crippen LogP contribution in [0, 0.1) is 6.92 Å². The van der Waals surface area contributed by atoms with E-state index < -0.39 is 6.36 Å². The highest BCUT2D eigenvalue weighted by Gasteiger charge is 2.31. The summed E-state index contributed by atoms with van der Waals surface area (Å²) in [5.74, 6) is -0.254. The molecule has 1 aromatic carbocycles. The van der Waals surface area contributed by atoms with E-state index in [1.54, 1.807) is 6.20 Å². The molecule has 0 aliphatic carbocycles. The molecule has 3 aromatic rings.